The first kappa shape index (κ1) is 15.0. The van der Waals surface area contributed by atoms with Crippen LogP contribution in [-0.4, -0.2) is 37.7 Å². The first-order valence-corrected chi connectivity index (χ1v) is 6.65. The summed E-state index contributed by atoms with van der Waals surface area (Å²) in [4.78, 5) is 18.2. The zero-order valence-corrected chi connectivity index (χ0v) is 12.1. The average Bonchev–Trinajstić information content (AvgIpc) is 2.74. The lowest BCUT2D eigenvalue weighted by Gasteiger charge is -2.26. The molecule has 7 heteroatoms. The van der Waals surface area contributed by atoms with Crippen molar-refractivity contribution in [1.29, 1.82) is 0 Å². The van der Waals surface area contributed by atoms with Crippen molar-refractivity contribution in [3.63, 3.8) is 0 Å². The maximum absolute atomic E-state index is 13.6. The predicted molar refractivity (Wildman–Crippen MR) is 73.9 cm³/mol. The van der Waals surface area contributed by atoms with Gasteiger partial charge in [0.25, 0.3) is 0 Å². The fraction of sp³-hybridized carbons (Fsp3) is 0.462. The second kappa shape index (κ2) is 6.39. The molecule has 1 aromatic carbocycles. The molecule has 2 N–H and O–H groups in total. The SMILES string of the molecule is CONC(=O)NC1CCN(C)C1c1ccc(Cl)c(F)c1. The molecule has 2 atom stereocenters. The fourth-order valence-electron chi connectivity index (χ4n) is 2.57. The van der Waals surface area contributed by atoms with Gasteiger partial charge in [0.2, 0.25) is 0 Å². The molecule has 0 saturated carbocycles. The Morgan fingerprint density at radius 1 is 1.55 bits per heavy atom. The number of carbonyl (C=O) groups excluding carboxylic acids is 1. The molecule has 1 aliphatic rings. The van der Waals surface area contributed by atoms with Gasteiger partial charge in [0.15, 0.2) is 0 Å². The fourth-order valence-corrected chi connectivity index (χ4v) is 2.69. The minimum atomic E-state index is -0.454. The van der Waals surface area contributed by atoms with E-state index in [4.69, 9.17) is 11.6 Å². The molecule has 0 bridgehead atoms. The number of nitrogens with zero attached hydrogens (tertiary/aromatic N) is 1. The summed E-state index contributed by atoms with van der Waals surface area (Å²) in [7, 11) is 3.31. The van der Waals surface area contributed by atoms with Gasteiger partial charge >= 0.3 is 6.03 Å². The van der Waals surface area contributed by atoms with Crippen molar-refractivity contribution < 1.29 is 14.0 Å². The van der Waals surface area contributed by atoms with Crippen molar-refractivity contribution in [3.8, 4) is 0 Å². The highest BCUT2D eigenvalue weighted by Gasteiger charge is 2.34. The number of carbonyl (C=O) groups is 1. The summed E-state index contributed by atoms with van der Waals surface area (Å²) >= 11 is 5.70. The maximum atomic E-state index is 13.6. The Labute approximate surface area is 122 Å². The molecule has 2 rings (SSSR count). The molecule has 2 amide bonds. The Kier molecular flexibility index (Phi) is 4.80. The minimum absolute atomic E-state index is 0.0932. The van der Waals surface area contributed by atoms with E-state index in [0.717, 1.165) is 18.5 Å². The summed E-state index contributed by atoms with van der Waals surface area (Å²) in [6, 6.07) is 4.11. The van der Waals surface area contributed by atoms with Crippen molar-refractivity contribution >= 4 is 17.6 Å². The Hall–Kier alpha value is -1.37. The number of amides is 2. The van der Waals surface area contributed by atoms with Crippen LogP contribution >= 0.6 is 11.6 Å². The van der Waals surface area contributed by atoms with E-state index in [9.17, 15) is 9.18 Å². The number of halogens is 2. The topological polar surface area (TPSA) is 53.6 Å². The third kappa shape index (κ3) is 3.20. The lowest BCUT2D eigenvalue weighted by Crippen LogP contribution is -2.44. The second-order valence-electron chi connectivity index (χ2n) is 4.77. The number of urea groups is 1. The van der Waals surface area contributed by atoms with Crippen molar-refractivity contribution in [2.45, 2.75) is 18.5 Å². The molecule has 1 aliphatic heterocycles. The van der Waals surface area contributed by atoms with Gasteiger partial charge < -0.3 is 5.32 Å². The van der Waals surface area contributed by atoms with E-state index in [1.807, 2.05) is 7.05 Å². The smallest absolute Gasteiger partial charge is 0.332 e. The zero-order valence-electron chi connectivity index (χ0n) is 11.3. The summed E-state index contributed by atoms with van der Waals surface area (Å²) in [5.74, 6) is -0.454. The van der Waals surface area contributed by atoms with Gasteiger partial charge in [-0.1, -0.05) is 17.7 Å². The van der Waals surface area contributed by atoms with E-state index in [1.165, 1.54) is 19.2 Å². The first-order valence-electron chi connectivity index (χ1n) is 6.27. The lowest BCUT2D eigenvalue weighted by atomic mass is 10.0. The van der Waals surface area contributed by atoms with Crippen molar-refractivity contribution in [2.75, 3.05) is 20.7 Å². The molecule has 110 valence electrons. The van der Waals surface area contributed by atoms with Crippen LogP contribution in [0.4, 0.5) is 9.18 Å². The Bertz CT molecular complexity index is 501. The predicted octanol–water partition coefficient (Wildman–Crippen LogP) is 2.08. The van der Waals surface area contributed by atoms with Crippen molar-refractivity contribution in [2.24, 2.45) is 0 Å². The monoisotopic (exact) mass is 301 g/mol. The number of hydroxylamine groups is 1. The van der Waals surface area contributed by atoms with Crippen LogP contribution in [0.3, 0.4) is 0 Å². The van der Waals surface area contributed by atoms with Gasteiger partial charge in [-0.25, -0.2) is 14.7 Å². The third-order valence-electron chi connectivity index (χ3n) is 3.45. The second-order valence-corrected chi connectivity index (χ2v) is 5.18. The summed E-state index contributed by atoms with van der Waals surface area (Å²) in [6.45, 7) is 0.812. The highest BCUT2D eigenvalue weighted by molar-refractivity contribution is 6.30. The largest absolute Gasteiger partial charge is 0.338 e. The van der Waals surface area contributed by atoms with E-state index in [0.29, 0.717) is 0 Å². The molecule has 1 heterocycles. The molecule has 1 fully saturated rings. The molecule has 5 nitrogen and oxygen atoms in total. The molecule has 0 radical (unpaired) electrons. The number of likely N-dealkylation sites (tertiary alicyclic amines) is 1. The zero-order chi connectivity index (χ0) is 14.7. The number of hydrogen-bond donors (Lipinski definition) is 2. The van der Waals surface area contributed by atoms with E-state index in [-0.39, 0.29) is 17.1 Å². The molecule has 0 aliphatic carbocycles. The van der Waals surface area contributed by atoms with Crippen LogP contribution in [0.15, 0.2) is 18.2 Å². The molecule has 1 aromatic rings. The van der Waals surface area contributed by atoms with Gasteiger partial charge in [-0.15, -0.1) is 0 Å². The van der Waals surface area contributed by atoms with E-state index in [1.54, 1.807) is 6.07 Å². The van der Waals surface area contributed by atoms with Crippen molar-refractivity contribution in [3.05, 3.63) is 34.6 Å². The molecule has 1 saturated heterocycles. The molecular weight excluding hydrogens is 285 g/mol. The summed E-state index contributed by atoms with van der Waals surface area (Å²) in [6.07, 6.45) is 0.780. The van der Waals surface area contributed by atoms with Crippen LogP contribution in [0.1, 0.15) is 18.0 Å². The van der Waals surface area contributed by atoms with Crippen LogP contribution in [0, 0.1) is 5.82 Å². The number of nitrogens with one attached hydrogen (secondary N) is 2. The van der Waals surface area contributed by atoms with E-state index < -0.39 is 11.8 Å². The van der Waals surface area contributed by atoms with Gasteiger partial charge in [0, 0.05) is 6.54 Å². The maximum Gasteiger partial charge on any atom is 0.338 e. The number of benzene rings is 1. The average molecular weight is 302 g/mol. The molecule has 0 aromatic heterocycles. The van der Waals surface area contributed by atoms with Crippen LogP contribution in [0.5, 0.6) is 0 Å². The Morgan fingerprint density at radius 3 is 2.95 bits per heavy atom. The molecular formula is C13H17ClFN3O2. The molecule has 2 unspecified atom stereocenters. The Balaban J connectivity index is 2.17. The molecule has 0 spiro atoms. The van der Waals surface area contributed by atoms with E-state index >= 15 is 0 Å². The highest BCUT2D eigenvalue weighted by atomic mass is 35.5. The van der Waals surface area contributed by atoms with Crippen LogP contribution < -0.4 is 10.8 Å². The third-order valence-corrected chi connectivity index (χ3v) is 3.75. The summed E-state index contributed by atoms with van der Waals surface area (Å²) < 4.78 is 13.6. The number of hydrogen-bond acceptors (Lipinski definition) is 3. The lowest BCUT2D eigenvalue weighted by molar-refractivity contribution is 0.105. The van der Waals surface area contributed by atoms with Gasteiger partial charge in [-0.3, -0.25) is 9.74 Å². The minimum Gasteiger partial charge on any atom is -0.332 e. The van der Waals surface area contributed by atoms with Gasteiger partial charge in [-0.2, -0.15) is 0 Å². The van der Waals surface area contributed by atoms with Gasteiger partial charge in [0.1, 0.15) is 5.82 Å². The van der Waals surface area contributed by atoms with Gasteiger partial charge in [0.05, 0.1) is 24.2 Å². The molecule has 20 heavy (non-hydrogen) atoms. The summed E-state index contributed by atoms with van der Waals surface area (Å²) in [5, 5.41) is 2.91. The number of rotatable bonds is 3. The number of likely N-dealkylation sites (N-methyl/N-ethyl adjacent to an activating group) is 1. The van der Waals surface area contributed by atoms with Crippen LogP contribution in [-0.2, 0) is 4.84 Å². The van der Waals surface area contributed by atoms with E-state index in [2.05, 4.69) is 20.5 Å². The Morgan fingerprint density at radius 2 is 2.30 bits per heavy atom. The van der Waals surface area contributed by atoms with Crippen molar-refractivity contribution in [1.82, 2.24) is 15.7 Å². The quantitative estimate of drug-likeness (QED) is 0.841. The summed E-state index contributed by atoms with van der Waals surface area (Å²) in [5.41, 5.74) is 3.00. The van der Waals surface area contributed by atoms with Gasteiger partial charge in [-0.05, 0) is 31.2 Å². The highest BCUT2D eigenvalue weighted by Crippen LogP contribution is 2.32. The van der Waals surface area contributed by atoms with Crippen LogP contribution in [0.2, 0.25) is 5.02 Å². The van der Waals surface area contributed by atoms with Crippen LogP contribution in [0.25, 0.3) is 0 Å². The first-order chi connectivity index (χ1) is 9.52. The standard InChI is InChI=1S/C13H17ClFN3O2/c1-18-6-5-11(16-13(19)17-20-2)12(18)8-3-4-9(14)10(15)7-8/h3-4,7,11-12H,5-6H2,1-2H3,(H2,16,17,19). The normalized spacial score (nSPS) is 22.8.